The van der Waals surface area contributed by atoms with Crippen LogP contribution in [0.4, 0.5) is 0 Å². The van der Waals surface area contributed by atoms with Crippen LogP contribution in [-0.4, -0.2) is 37.0 Å². The van der Waals surface area contributed by atoms with Crippen LogP contribution in [-0.2, 0) is 4.79 Å². The van der Waals surface area contributed by atoms with Crippen molar-refractivity contribution in [1.29, 1.82) is 0 Å². The first-order valence-corrected chi connectivity index (χ1v) is 7.27. The summed E-state index contributed by atoms with van der Waals surface area (Å²) in [7, 11) is 1.63. The van der Waals surface area contributed by atoms with Crippen LogP contribution in [0.2, 0.25) is 0 Å². The first-order valence-electron chi connectivity index (χ1n) is 7.27. The van der Waals surface area contributed by atoms with E-state index in [9.17, 15) is 4.79 Å². The lowest BCUT2D eigenvalue weighted by Gasteiger charge is -2.35. The lowest BCUT2D eigenvalue weighted by molar-refractivity contribution is -0.120. The average Bonchev–Trinajstić information content (AvgIpc) is 2.37. The molecule has 0 bridgehead atoms. The van der Waals surface area contributed by atoms with Crippen molar-refractivity contribution in [3.05, 3.63) is 29.8 Å². The number of methoxy groups -OCH3 is 1. The van der Waals surface area contributed by atoms with Gasteiger partial charge in [0.2, 0.25) is 5.91 Å². The summed E-state index contributed by atoms with van der Waals surface area (Å²) in [4.78, 5) is 13.4. The molecule has 0 fully saturated rings. The van der Waals surface area contributed by atoms with Crippen LogP contribution < -0.4 is 16.2 Å². The highest BCUT2D eigenvalue weighted by atomic mass is 16.5. The van der Waals surface area contributed by atoms with Gasteiger partial charge in [-0.3, -0.25) is 9.69 Å². The van der Waals surface area contributed by atoms with E-state index < -0.39 is 0 Å². The second kappa shape index (κ2) is 8.00. The molecule has 0 spiro atoms. The minimum Gasteiger partial charge on any atom is -0.497 e. The average molecular weight is 293 g/mol. The number of hydrogen-bond donors (Lipinski definition) is 2. The number of nitrogens with two attached hydrogens (primary N) is 2. The molecular formula is C16H27N3O2. The SMILES string of the molecule is COc1cccc(C(C(C)N)N(CC(N)=O)CC(C)C)c1. The topological polar surface area (TPSA) is 81.6 Å². The Labute approximate surface area is 127 Å². The standard InChI is InChI=1S/C16H27N3O2/c1-11(2)9-19(10-15(18)20)16(12(3)17)13-6-5-7-14(8-13)21-4/h5-8,11-12,16H,9-10,17H2,1-4H3,(H2,18,20). The Morgan fingerprint density at radius 3 is 2.48 bits per heavy atom. The molecule has 0 radical (unpaired) electrons. The third-order valence-corrected chi connectivity index (χ3v) is 3.29. The summed E-state index contributed by atoms with van der Waals surface area (Å²) in [6, 6.07) is 7.59. The maximum absolute atomic E-state index is 11.4. The molecule has 1 aromatic rings. The monoisotopic (exact) mass is 293 g/mol. The molecular weight excluding hydrogens is 266 g/mol. The zero-order valence-corrected chi connectivity index (χ0v) is 13.4. The molecule has 0 saturated heterocycles. The molecule has 5 nitrogen and oxygen atoms in total. The van der Waals surface area contributed by atoms with E-state index in [2.05, 4.69) is 13.8 Å². The first-order chi connectivity index (χ1) is 9.85. The van der Waals surface area contributed by atoms with Crippen LogP contribution in [0.25, 0.3) is 0 Å². The zero-order valence-electron chi connectivity index (χ0n) is 13.4. The number of rotatable bonds is 8. The minimum atomic E-state index is -0.343. The number of amides is 1. The van der Waals surface area contributed by atoms with Crippen molar-refractivity contribution in [2.45, 2.75) is 32.9 Å². The molecule has 0 aliphatic rings. The van der Waals surface area contributed by atoms with Gasteiger partial charge in [-0.1, -0.05) is 26.0 Å². The fraction of sp³-hybridized carbons (Fsp3) is 0.562. The van der Waals surface area contributed by atoms with Gasteiger partial charge in [-0.25, -0.2) is 0 Å². The molecule has 1 rings (SSSR count). The lowest BCUT2D eigenvalue weighted by atomic mass is 9.97. The molecule has 21 heavy (non-hydrogen) atoms. The van der Waals surface area contributed by atoms with Crippen molar-refractivity contribution in [2.24, 2.45) is 17.4 Å². The van der Waals surface area contributed by atoms with Crippen LogP contribution in [0.3, 0.4) is 0 Å². The number of nitrogens with zero attached hydrogens (tertiary/aromatic N) is 1. The molecule has 1 aromatic carbocycles. The molecule has 118 valence electrons. The van der Waals surface area contributed by atoms with Gasteiger partial charge in [0, 0.05) is 12.6 Å². The largest absolute Gasteiger partial charge is 0.497 e. The number of ether oxygens (including phenoxy) is 1. The van der Waals surface area contributed by atoms with Crippen LogP contribution in [0.15, 0.2) is 24.3 Å². The Balaban J connectivity index is 3.12. The summed E-state index contributed by atoms with van der Waals surface area (Å²) in [6.07, 6.45) is 0. The van der Waals surface area contributed by atoms with Crippen molar-refractivity contribution < 1.29 is 9.53 Å². The number of primary amides is 1. The second-order valence-corrected chi connectivity index (χ2v) is 5.87. The van der Waals surface area contributed by atoms with Gasteiger partial charge in [-0.15, -0.1) is 0 Å². The Bertz CT molecular complexity index is 461. The number of hydrogen-bond acceptors (Lipinski definition) is 4. The predicted molar refractivity (Wildman–Crippen MR) is 85.0 cm³/mol. The molecule has 5 heteroatoms. The maximum Gasteiger partial charge on any atom is 0.231 e. The van der Waals surface area contributed by atoms with Crippen molar-refractivity contribution in [3.8, 4) is 5.75 Å². The molecule has 1 amide bonds. The fourth-order valence-electron chi connectivity index (χ4n) is 2.62. The van der Waals surface area contributed by atoms with Crippen molar-refractivity contribution in [3.63, 3.8) is 0 Å². The summed E-state index contributed by atoms with van der Waals surface area (Å²) in [5, 5.41) is 0. The molecule has 2 unspecified atom stereocenters. The van der Waals surface area contributed by atoms with Crippen LogP contribution in [0.5, 0.6) is 5.75 Å². The number of carbonyl (C=O) groups excluding carboxylic acids is 1. The molecule has 4 N–H and O–H groups in total. The van der Waals surface area contributed by atoms with E-state index in [4.69, 9.17) is 16.2 Å². The first kappa shape index (κ1) is 17.5. The highest BCUT2D eigenvalue weighted by molar-refractivity contribution is 5.76. The Hall–Kier alpha value is -1.59. The molecule has 0 heterocycles. The van der Waals surface area contributed by atoms with Crippen molar-refractivity contribution in [1.82, 2.24) is 4.90 Å². The summed E-state index contributed by atoms with van der Waals surface area (Å²) >= 11 is 0. The third kappa shape index (κ3) is 5.36. The van der Waals surface area contributed by atoms with E-state index in [0.717, 1.165) is 17.9 Å². The van der Waals surface area contributed by atoms with Gasteiger partial charge in [-0.05, 0) is 30.5 Å². The van der Waals surface area contributed by atoms with Crippen molar-refractivity contribution in [2.75, 3.05) is 20.2 Å². The lowest BCUT2D eigenvalue weighted by Crippen LogP contribution is -2.45. The van der Waals surface area contributed by atoms with E-state index in [-0.39, 0.29) is 24.5 Å². The van der Waals surface area contributed by atoms with Gasteiger partial charge in [0.05, 0.1) is 19.7 Å². The van der Waals surface area contributed by atoms with E-state index in [1.165, 1.54) is 0 Å². The van der Waals surface area contributed by atoms with Crippen LogP contribution >= 0.6 is 0 Å². The molecule has 0 aliphatic carbocycles. The number of benzene rings is 1. The second-order valence-electron chi connectivity index (χ2n) is 5.87. The molecule has 0 aromatic heterocycles. The summed E-state index contributed by atoms with van der Waals surface area (Å²) in [5.74, 6) is 0.849. The maximum atomic E-state index is 11.4. The smallest absolute Gasteiger partial charge is 0.231 e. The highest BCUT2D eigenvalue weighted by Crippen LogP contribution is 2.27. The van der Waals surface area contributed by atoms with Crippen LogP contribution in [0, 0.1) is 5.92 Å². The third-order valence-electron chi connectivity index (χ3n) is 3.29. The van der Waals surface area contributed by atoms with Gasteiger partial charge in [-0.2, -0.15) is 0 Å². The quantitative estimate of drug-likeness (QED) is 0.761. The molecule has 0 aliphatic heterocycles. The predicted octanol–water partition coefficient (Wildman–Crippen LogP) is 1.53. The summed E-state index contributed by atoms with van der Waals surface area (Å²) in [5.41, 5.74) is 12.6. The van der Waals surface area contributed by atoms with Gasteiger partial charge in [0.25, 0.3) is 0 Å². The minimum absolute atomic E-state index is 0.0741. The van der Waals surface area contributed by atoms with E-state index in [1.807, 2.05) is 36.1 Å². The summed E-state index contributed by atoms with van der Waals surface area (Å²) in [6.45, 7) is 7.11. The Kier molecular flexibility index (Phi) is 6.65. The number of carbonyl (C=O) groups is 1. The van der Waals surface area contributed by atoms with Crippen LogP contribution in [0.1, 0.15) is 32.4 Å². The van der Waals surface area contributed by atoms with E-state index in [0.29, 0.717) is 5.92 Å². The van der Waals surface area contributed by atoms with E-state index in [1.54, 1.807) is 7.11 Å². The van der Waals surface area contributed by atoms with E-state index >= 15 is 0 Å². The normalized spacial score (nSPS) is 14.2. The fourth-order valence-corrected chi connectivity index (χ4v) is 2.62. The van der Waals surface area contributed by atoms with Gasteiger partial charge < -0.3 is 16.2 Å². The van der Waals surface area contributed by atoms with Gasteiger partial charge in [0.1, 0.15) is 5.75 Å². The summed E-state index contributed by atoms with van der Waals surface area (Å²) < 4.78 is 5.28. The molecule has 0 saturated carbocycles. The van der Waals surface area contributed by atoms with Gasteiger partial charge in [0.15, 0.2) is 0 Å². The van der Waals surface area contributed by atoms with Gasteiger partial charge >= 0.3 is 0 Å². The molecule has 2 atom stereocenters. The van der Waals surface area contributed by atoms with Crippen molar-refractivity contribution >= 4 is 5.91 Å². The Morgan fingerprint density at radius 1 is 1.33 bits per heavy atom. The highest BCUT2D eigenvalue weighted by Gasteiger charge is 2.26. The Morgan fingerprint density at radius 2 is 2.00 bits per heavy atom. The zero-order chi connectivity index (χ0) is 16.0.